The van der Waals surface area contributed by atoms with Crippen LogP contribution >= 0.6 is 34.8 Å². The third-order valence-corrected chi connectivity index (χ3v) is 5.41. The molecule has 1 heterocycles. The first-order valence-corrected chi connectivity index (χ1v) is 10.5. The minimum absolute atomic E-state index is 0.0211. The second-order valence-electron chi connectivity index (χ2n) is 6.71. The van der Waals surface area contributed by atoms with Crippen LogP contribution in [0.4, 0.5) is 10.1 Å². The smallest absolute Gasteiger partial charge is 0.280 e. The van der Waals surface area contributed by atoms with E-state index in [1.807, 2.05) is 0 Å². The highest BCUT2D eigenvalue weighted by atomic mass is 35.5. The summed E-state index contributed by atoms with van der Waals surface area (Å²) in [4.78, 5) is 13.1. The number of carbonyl (C=O) groups is 1. The van der Waals surface area contributed by atoms with Crippen LogP contribution in [0.3, 0.4) is 0 Å². The molecule has 0 aliphatic rings. The Kier molecular flexibility index (Phi) is 6.37. The van der Waals surface area contributed by atoms with E-state index in [1.165, 1.54) is 36.1 Å². The lowest BCUT2D eigenvalue weighted by molar-refractivity contribution is 0.101. The van der Waals surface area contributed by atoms with Crippen LogP contribution in [-0.4, -0.2) is 22.8 Å². The largest absolute Gasteiger partial charge is 0.492 e. The van der Waals surface area contributed by atoms with Crippen LogP contribution in [0.1, 0.15) is 10.5 Å². The lowest BCUT2D eigenvalue weighted by Crippen LogP contribution is -2.14. The number of anilines is 1. The molecule has 32 heavy (non-hydrogen) atoms. The van der Waals surface area contributed by atoms with Crippen molar-refractivity contribution in [1.29, 1.82) is 0 Å². The van der Waals surface area contributed by atoms with Crippen molar-refractivity contribution in [3.05, 3.63) is 93.3 Å². The van der Waals surface area contributed by atoms with Crippen LogP contribution in [0.25, 0.3) is 16.9 Å². The summed E-state index contributed by atoms with van der Waals surface area (Å²) in [7, 11) is 1.44. The molecule has 0 saturated heterocycles. The summed E-state index contributed by atoms with van der Waals surface area (Å²) < 4.78 is 20.3. The topological polar surface area (TPSA) is 56.1 Å². The molecular weight excluding hydrogens is 476 g/mol. The Hall–Kier alpha value is -3.06. The molecule has 162 valence electrons. The van der Waals surface area contributed by atoms with E-state index in [0.29, 0.717) is 37.7 Å². The van der Waals surface area contributed by atoms with Gasteiger partial charge in [0.05, 0.1) is 17.8 Å². The zero-order valence-electron chi connectivity index (χ0n) is 16.6. The Balaban J connectivity index is 1.88. The summed E-state index contributed by atoms with van der Waals surface area (Å²) in [5.74, 6) is -0.710. The second-order valence-corrected chi connectivity index (χ2v) is 7.99. The van der Waals surface area contributed by atoms with E-state index in [9.17, 15) is 9.18 Å². The van der Waals surface area contributed by atoms with Gasteiger partial charge in [0, 0.05) is 21.3 Å². The first-order valence-electron chi connectivity index (χ1n) is 9.32. The van der Waals surface area contributed by atoms with Gasteiger partial charge in [-0.25, -0.2) is 9.07 Å². The van der Waals surface area contributed by atoms with Crippen LogP contribution in [0.5, 0.6) is 5.75 Å². The molecule has 3 aromatic carbocycles. The molecule has 0 bridgehead atoms. The summed E-state index contributed by atoms with van der Waals surface area (Å²) in [6, 6.07) is 17.3. The molecule has 1 amide bonds. The molecule has 4 aromatic rings. The fourth-order valence-corrected chi connectivity index (χ4v) is 3.77. The average Bonchev–Trinajstić information content (AvgIpc) is 3.15. The molecule has 5 nitrogen and oxygen atoms in total. The minimum Gasteiger partial charge on any atom is -0.492 e. The van der Waals surface area contributed by atoms with Gasteiger partial charge in [0.1, 0.15) is 11.5 Å². The number of nitrogens with one attached hydrogen (secondary N) is 1. The van der Waals surface area contributed by atoms with Crippen molar-refractivity contribution in [1.82, 2.24) is 9.78 Å². The predicted octanol–water partition coefficient (Wildman–Crippen LogP) is 6.90. The number of carbonyl (C=O) groups excluding carboxylic acids is 1. The van der Waals surface area contributed by atoms with Crippen molar-refractivity contribution in [3.8, 4) is 22.7 Å². The summed E-state index contributed by atoms with van der Waals surface area (Å²) in [5.41, 5.74) is 2.13. The Morgan fingerprint density at radius 1 is 0.969 bits per heavy atom. The summed E-state index contributed by atoms with van der Waals surface area (Å²) >= 11 is 18.5. The molecule has 0 aliphatic heterocycles. The Morgan fingerprint density at radius 2 is 1.62 bits per heavy atom. The monoisotopic (exact) mass is 489 g/mol. The van der Waals surface area contributed by atoms with Gasteiger partial charge in [0.15, 0.2) is 11.4 Å². The normalized spacial score (nSPS) is 10.8. The molecule has 1 N–H and O–H groups in total. The molecule has 0 radical (unpaired) electrons. The van der Waals surface area contributed by atoms with E-state index in [1.54, 1.807) is 42.5 Å². The fraction of sp³-hybridized carbons (Fsp3) is 0.0435. The molecular formula is C23H15Cl3FN3O2. The SMILES string of the molecule is COc1c(C(=O)Nc2ccc(F)cc2)nn(-c2ccc(Cl)cc2Cl)c1-c1ccc(Cl)cc1. The maximum Gasteiger partial charge on any atom is 0.280 e. The number of ether oxygens (including phenoxy) is 1. The summed E-state index contributed by atoms with van der Waals surface area (Å²) in [5, 5.41) is 8.55. The van der Waals surface area contributed by atoms with Gasteiger partial charge in [-0.2, -0.15) is 5.10 Å². The first kappa shape index (κ1) is 22.1. The molecule has 9 heteroatoms. The Morgan fingerprint density at radius 3 is 2.25 bits per heavy atom. The average molecular weight is 491 g/mol. The molecule has 0 unspecified atom stereocenters. The van der Waals surface area contributed by atoms with Gasteiger partial charge in [-0.05, 0) is 54.6 Å². The van der Waals surface area contributed by atoms with Gasteiger partial charge in [-0.1, -0.05) is 46.9 Å². The number of amides is 1. The molecule has 4 rings (SSSR count). The highest BCUT2D eigenvalue weighted by Crippen LogP contribution is 2.38. The molecule has 0 fully saturated rings. The molecule has 1 aromatic heterocycles. The molecule has 0 atom stereocenters. The quantitative estimate of drug-likeness (QED) is 0.331. The van der Waals surface area contributed by atoms with Crippen LogP contribution in [0.2, 0.25) is 15.1 Å². The number of aromatic nitrogens is 2. The zero-order valence-corrected chi connectivity index (χ0v) is 18.8. The van der Waals surface area contributed by atoms with E-state index in [0.717, 1.165) is 0 Å². The third kappa shape index (κ3) is 4.43. The van der Waals surface area contributed by atoms with E-state index in [-0.39, 0.29) is 11.4 Å². The summed E-state index contributed by atoms with van der Waals surface area (Å²) in [6.45, 7) is 0. The first-order chi connectivity index (χ1) is 15.4. The predicted molar refractivity (Wildman–Crippen MR) is 125 cm³/mol. The maximum atomic E-state index is 13.2. The van der Waals surface area contributed by atoms with Crippen LogP contribution in [0, 0.1) is 5.82 Å². The molecule has 0 spiro atoms. The van der Waals surface area contributed by atoms with E-state index in [2.05, 4.69) is 10.4 Å². The number of hydrogen-bond acceptors (Lipinski definition) is 3. The van der Waals surface area contributed by atoms with Crippen molar-refractivity contribution in [2.24, 2.45) is 0 Å². The lowest BCUT2D eigenvalue weighted by atomic mass is 10.1. The van der Waals surface area contributed by atoms with Crippen molar-refractivity contribution >= 4 is 46.4 Å². The van der Waals surface area contributed by atoms with Gasteiger partial charge >= 0.3 is 0 Å². The standard InChI is InChI=1S/C23H15Cl3FN3O2/c1-32-22-20(23(31)28-17-9-7-16(27)8-10-17)29-30(19-11-6-15(25)12-18(19)26)21(22)13-2-4-14(24)5-3-13/h2-12H,1H3,(H,28,31). The van der Waals surface area contributed by atoms with Gasteiger partial charge < -0.3 is 10.1 Å². The zero-order chi connectivity index (χ0) is 22.8. The van der Waals surface area contributed by atoms with Gasteiger partial charge in [0.2, 0.25) is 0 Å². The lowest BCUT2D eigenvalue weighted by Gasteiger charge is -2.11. The van der Waals surface area contributed by atoms with Crippen LogP contribution in [-0.2, 0) is 0 Å². The number of methoxy groups -OCH3 is 1. The Bertz CT molecular complexity index is 1290. The van der Waals surface area contributed by atoms with Crippen molar-refractivity contribution < 1.29 is 13.9 Å². The number of rotatable bonds is 5. The second kappa shape index (κ2) is 9.20. The summed E-state index contributed by atoms with van der Waals surface area (Å²) in [6.07, 6.45) is 0. The third-order valence-electron chi connectivity index (χ3n) is 4.62. The van der Waals surface area contributed by atoms with Crippen molar-refractivity contribution in [2.75, 3.05) is 12.4 Å². The highest BCUT2D eigenvalue weighted by molar-refractivity contribution is 6.35. The van der Waals surface area contributed by atoms with Crippen molar-refractivity contribution in [3.63, 3.8) is 0 Å². The number of nitrogens with zero attached hydrogens (tertiary/aromatic N) is 2. The number of halogens is 4. The molecule has 0 aliphatic carbocycles. The maximum absolute atomic E-state index is 13.2. The van der Waals surface area contributed by atoms with Crippen molar-refractivity contribution in [2.45, 2.75) is 0 Å². The van der Waals surface area contributed by atoms with Gasteiger partial charge in [-0.15, -0.1) is 0 Å². The fourth-order valence-electron chi connectivity index (χ4n) is 3.16. The van der Waals surface area contributed by atoms with E-state index >= 15 is 0 Å². The minimum atomic E-state index is -0.535. The van der Waals surface area contributed by atoms with Gasteiger partial charge in [0.25, 0.3) is 5.91 Å². The van der Waals surface area contributed by atoms with Crippen LogP contribution < -0.4 is 10.1 Å². The highest BCUT2D eigenvalue weighted by Gasteiger charge is 2.27. The Labute approximate surface area is 198 Å². The van der Waals surface area contributed by atoms with E-state index in [4.69, 9.17) is 39.5 Å². The van der Waals surface area contributed by atoms with E-state index < -0.39 is 11.7 Å². The number of hydrogen-bond donors (Lipinski definition) is 1. The number of benzene rings is 3. The molecule has 0 saturated carbocycles. The van der Waals surface area contributed by atoms with Gasteiger partial charge in [-0.3, -0.25) is 4.79 Å². The van der Waals surface area contributed by atoms with Crippen LogP contribution in [0.15, 0.2) is 66.7 Å².